The van der Waals surface area contributed by atoms with E-state index in [1.807, 2.05) is 29.1 Å². The number of carbonyl (C=O) groups excluding carboxylic acids is 1. The lowest BCUT2D eigenvalue weighted by atomic mass is 10.1. The molecule has 0 atom stereocenters. The number of thiophene rings is 1. The van der Waals surface area contributed by atoms with Gasteiger partial charge in [0.05, 0.1) is 17.8 Å². The van der Waals surface area contributed by atoms with Crippen molar-refractivity contribution in [1.82, 2.24) is 14.9 Å². The number of hydrogen-bond acceptors (Lipinski definition) is 6. The number of carbonyl (C=O) groups is 1. The molecule has 0 aromatic carbocycles. The maximum Gasteiger partial charge on any atom is 0.160 e. The van der Waals surface area contributed by atoms with Crippen LogP contribution in [0.5, 0.6) is 0 Å². The Balaban J connectivity index is 0.000000266. The molecule has 0 unspecified atom stereocenters. The van der Waals surface area contributed by atoms with Gasteiger partial charge in [-0.1, -0.05) is 18.2 Å². The van der Waals surface area contributed by atoms with Gasteiger partial charge in [0, 0.05) is 50.8 Å². The molecular weight excluding hydrogens is 372 g/mol. The Labute approximate surface area is 170 Å². The third-order valence-corrected chi connectivity index (χ3v) is 4.79. The standard InChI is InChI=1S/C15H12N2OS.C6H16N2O/c18-9-15-8-13(10-19-15)12-2-1-3-14(5-4-12)17-7-6-16-11-17;1-2-9-6-5-8-4-3-7/h1-2,4-11H,3H2;8H,2-7H2,1H3. The number of ether oxygens (including phenoxy) is 1. The molecule has 150 valence electrons. The summed E-state index contributed by atoms with van der Waals surface area (Å²) in [5, 5.41) is 5.13. The average Bonchev–Trinajstić information content (AvgIpc) is 3.37. The summed E-state index contributed by atoms with van der Waals surface area (Å²) in [7, 11) is 0. The van der Waals surface area contributed by atoms with Crippen LogP contribution in [0.15, 0.2) is 54.5 Å². The molecule has 2 aromatic heterocycles. The zero-order valence-corrected chi connectivity index (χ0v) is 17.0. The Hall–Kier alpha value is -2.32. The number of nitrogens with two attached hydrogens (primary N) is 1. The topological polar surface area (TPSA) is 82.2 Å². The van der Waals surface area contributed by atoms with Crippen LogP contribution in [0.3, 0.4) is 0 Å². The molecule has 0 aliphatic heterocycles. The van der Waals surface area contributed by atoms with Gasteiger partial charge in [0.1, 0.15) is 0 Å². The van der Waals surface area contributed by atoms with Gasteiger partial charge in [-0.3, -0.25) is 4.79 Å². The molecule has 0 spiro atoms. The lowest BCUT2D eigenvalue weighted by molar-refractivity contribution is 0.112. The van der Waals surface area contributed by atoms with Crippen LogP contribution in [-0.4, -0.2) is 48.7 Å². The molecule has 1 aliphatic carbocycles. The average molecular weight is 401 g/mol. The quantitative estimate of drug-likeness (QED) is 0.499. The molecule has 28 heavy (non-hydrogen) atoms. The van der Waals surface area contributed by atoms with E-state index in [9.17, 15) is 4.79 Å². The molecule has 0 fully saturated rings. The van der Waals surface area contributed by atoms with E-state index in [0.717, 1.165) is 55.0 Å². The van der Waals surface area contributed by atoms with Gasteiger partial charge in [0.2, 0.25) is 0 Å². The lowest BCUT2D eigenvalue weighted by Crippen LogP contribution is -2.25. The second-order valence-corrected chi connectivity index (χ2v) is 6.89. The van der Waals surface area contributed by atoms with Gasteiger partial charge in [0.25, 0.3) is 0 Å². The molecule has 0 saturated heterocycles. The Kier molecular flexibility index (Phi) is 10.2. The normalized spacial score (nSPS) is 13.2. The molecule has 1 aliphatic rings. The predicted octanol–water partition coefficient (Wildman–Crippen LogP) is 3.21. The van der Waals surface area contributed by atoms with Gasteiger partial charge < -0.3 is 20.4 Å². The van der Waals surface area contributed by atoms with Crippen molar-refractivity contribution in [2.45, 2.75) is 13.3 Å². The van der Waals surface area contributed by atoms with E-state index >= 15 is 0 Å². The summed E-state index contributed by atoms with van der Waals surface area (Å²) >= 11 is 1.47. The minimum atomic E-state index is 0.701. The molecule has 0 radical (unpaired) electrons. The van der Waals surface area contributed by atoms with Crippen LogP contribution >= 0.6 is 11.3 Å². The second kappa shape index (κ2) is 13.0. The van der Waals surface area contributed by atoms with Gasteiger partial charge in [-0.15, -0.1) is 11.3 Å². The highest BCUT2D eigenvalue weighted by atomic mass is 32.1. The third-order valence-electron chi connectivity index (χ3n) is 3.93. The van der Waals surface area contributed by atoms with Crippen molar-refractivity contribution in [3.8, 4) is 0 Å². The lowest BCUT2D eigenvalue weighted by Gasteiger charge is -2.02. The van der Waals surface area contributed by atoms with Crippen molar-refractivity contribution in [3.63, 3.8) is 0 Å². The number of rotatable bonds is 9. The van der Waals surface area contributed by atoms with Crippen molar-refractivity contribution in [1.29, 1.82) is 0 Å². The molecule has 3 rings (SSSR count). The Morgan fingerprint density at radius 3 is 2.96 bits per heavy atom. The molecule has 0 saturated carbocycles. The first-order valence-corrected chi connectivity index (χ1v) is 10.2. The highest BCUT2D eigenvalue weighted by Gasteiger charge is 2.05. The van der Waals surface area contributed by atoms with Gasteiger partial charge in [-0.05, 0) is 35.6 Å². The number of nitrogens with zero attached hydrogens (tertiary/aromatic N) is 2. The van der Waals surface area contributed by atoms with Crippen molar-refractivity contribution in [2.24, 2.45) is 5.73 Å². The van der Waals surface area contributed by atoms with Crippen molar-refractivity contribution < 1.29 is 9.53 Å². The smallest absolute Gasteiger partial charge is 0.160 e. The fourth-order valence-corrected chi connectivity index (χ4v) is 3.23. The SMILES string of the molecule is CCOCCNCCN.O=Cc1cc(C2=CC=C(n3ccnc3)CC=C2)cs1. The van der Waals surface area contributed by atoms with E-state index in [1.165, 1.54) is 17.0 Å². The molecule has 3 N–H and O–H groups in total. The first-order valence-electron chi connectivity index (χ1n) is 9.36. The monoisotopic (exact) mass is 400 g/mol. The molecule has 0 bridgehead atoms. The summed E-state index contributed by atoms with van der Waals surface area (Å²) in [6, 6.07) is 1.92. The Bertz CT molecular complexity index is 785. The molecule has 2 aromatic rings. The van der Waals surface area contributed by atoms with E-state index < -0.39 is 0 Å². The van der Waals surface area contributed by atoms with Crippen molar-refractivity contribution >= 4 is 28.9 Å². The van der Waals surface area contributed by atoms with Crippen LogP contribution in [0.4, 0.5) is 0 Å². The first kappa shape index (κ1) is 22.0. The van der Waals surface area contributed by atoms with Crippen molar-refractivity contribution in [2.75, 3.05) is 32.8 Å². The number of nitrogens with one attached hydrogen (secondary N) is 1. The van der Waals surface area contributed by atoms with Crippen molar-refractivity contribution in [3.05, 3.63) is 64.9 Å². The van der Waals surface area contributed by atoms with E-state index in [1.54, 1.807) is 12.5 Å². The van der Waals surface area contributed by atoms with Crippen LogP contribution < -0.4 is 11.1 Å². The van der Waals surface area contributed by atoms with E-state index in [2.05, 4.69) is 34.6 Å². The molecule has 0 amide bonds. The maximum atomic E-state index is 10.7. The van der Waals surface area contributed by atoms with Gasteiger partial charge in [-0.25, -0.2) is 4.98 Å². The third kappa shape index (κ3) is 7.36. The second-order valence-electron chi connectivity index (χ2n) is 5.95. The fraction of sp³-hybridized carbons (Fsp3) is 0.333. The number of imidazole rings is 1. The van der Waals surface area contributed by atoms with Crippen LogP contribution in [0.2, 0.25) is 0 Å². The van der Waals surface area contributed by atoms with E-state index in [0.29, 0.717) is 6.54 Å². The minimum absolute atomic E-state index is 0.701. The summed E-state index contributed by atoms with van der Waals surface area (Å²) in [6.07, 6.45) is 15.7. The van der Waals surface area contributed by atoms with E-state index in [-0.39, 0.29) is 0 Å². The summed E-state index contributed by atoms with van der Waals surface area (Å²) in [4.78, 5) is 15.5. The summed E-state index contributed by atoms with van der Waals surface area (Å²) < 4.78 is 7.08. The van der Waals surface area contributed by atoms with Crippen LogP contribution in [0.1, 0.15) is 28.6 Å². The maximum absolute atomic E-state index is 10.7. The van der Waals surface area contributed by atoms with E-state index in [4.69, 9.17) is 10.5 Å². The Morgan fingerprint density at radius 1 is 1.39 bits per heavy atom. The molecule has 7 heteroatoms. The predicted molar refractivity (Wildman–Crippen MR) is 116 cm³/mol. The summed E-state index contributed by atoms with van der Waals surface area (Å²) in [5.74, 6) is 0. The molecular formula is C21H28N4O2S. The fourth-order valence-electron chi connectivity index (χ4n) is 2.51. The first-order chi connectivity index (χ1) is 13.8. The van der Waals surface area contributed by atoms with Crippen LogP contribution in [-0.2, 0) is 4.74 Å². The van der Waals surface area contributed by atoms with Gasteiger partial charge in [0.15, 0.2) is 6.29 Å². The minimum Gasteiger partial charge on any atom is -0.380 e. The highest BCUT2D eigenvalue weighted by Crippen LogP contribution is 2.25. The zero-order valence-electron chi connectivity index (χ0n) is 16.2. The van der Waals surface area contributed by atoms with Gasteiger partial charge in [-0.2, -0.15) is 0 Å². The largest absolute Gasteiger partial charge is 0.380 e. The van der Waals surface area contributed by atoms with Gasteiger partial charge >= 0.3 is 0 Å². The highest BCUT2D eigenvalue weighted by molar-refractivity contribution is 7.11. The van der Waals surface area contributed by atoms with Crippen LogP contribution in [0.25, 0.3) is 11.3 Å². The Morgan fingerprint density at radius 2 is 2.29 bits per heavy atom. The number of aromatic nitrogens is 2. The summed E-state index contributed by atoms with van der Waals surface area (Å²) in [6.45, 7) is 6.06. The van der Waals surface area contributed by atoms with Crippen LogP contribution in [0, 0.1) is 0 Å². The zero-order chi connectivity index (χ0) is 20.0. The number of aldehydes is 1. The molecule has 2 heterocycles. The number of allylic oxidation sites excluding steroid dienone is 6. The number of hydrogen-bond donors (Lipinski definition) is 2. The molecule has 6 nitrogen and oxygen atoms in total. The summed E-state index contributed by atoms with van der Waals surface area (Å²) in [5.41, 5.74) is 8.63.